The Morgan fingerprint density at radius 3 is 0.886 bits per heavy atom. The van der Waals surface area contributed by atoms with Gasteiger partial charge in [-0.25, -0.2) is 0 Å². The summed E-state index contributed by atoms with van der Waals surface area (Å²) >= 11 is 0. The molecule has 216 valence electrons. The highest BCUT2D eigenvalue weighted by molar-refractivity contribution is 6.10. The predicted octanol–water partition coefficient (Wildman–Crippen LogP) is 11.1. The van der Waals surface area contributed by atoms with E-state index < -0.39 is 0 Å². The number of anilines is 6. The second-order valence-corrected chi connectivity index (χ2v) is 11.5. The molecule has 0 radical (unpaired) electrons. The minimum atomic E-state index is -0.0180. The van der Waals surface area contributed by atoms with Gasteiger partial charge in [0.2, 0.25) is 0 Å². The van der Waals surface area contributed by atoms with Crippen LogP contribution in [0.4, 0.5) is 34.1 Å². The number of hydrogen-bond acceptors (Lipinski definition) is 3. The molecule has 0 aliphatic carbocycles. The fourth-order valence-corrected chi connectivity index (χ4v) is 5.70. The van der Waals surface area contributed by atoms with Gasteiger partial charge in [0.25, 0.3) is 0 Å². The highest BCUT2D eigenvalue weighted by atomic mass is 16.1. The molecule has 6 rings (SSSR count). The molecule has 0 aromatic heterocycles. The van der Waals surface area contributed by atoms with Crippen molar-refractivity contribution in [1.82, 2.24) is 0 Å². The first-order valence-corrected chi connectivity index (χ1v) is 15.0. The Balaban J connectivity index is 1.41. The van der Waals surface area contributed by atoms with E-state index in [1.807, 2.05) is 36.4 Å². The Hall–Kier alpha value is -5.41. The standard InChI is InChI=1S/C41H36N2O/c1-29-11-5-17-35(23-29)42(36-18-6-12-30(2)24-36)39-21-9-15-33(27-39)41(44)34-16-10-22-40(28-34)43(37-19-7-13-31(3)25-37)38-20-8-14-32(4)26-38/h5-28H,1-4H3. The molecule has 0 saturated carbocycles. The van der Waals surface area contributed by atoms with Crippen LogP contribution in [0.15, 0.2) is 146 Å². The summed E-state index contributed by atoms with van der Waals surface area (Å²) in [5.41, 5.74) is 12.1. The summed E-state index contributed by atoms with van der Waals surface area (Å²) in [4.78, 5) is 18.5. The van der Waals surface area contributed by atoms with Crippen molar-refractivity contribution in [3.8, 4) is 0 Å². The van der Waals surface area contributed by atoms with Crippen LogP contribution in [0.5, 0.6) is 0 Å². The molecule has 0 atom stereocenters. The Labute approximate surface area is 260 Å². The first-order valence-electron chi connectivity index (χ1n) is 15.0. The Kier molecular flexibility index (Phi) is 8.12. The van der Waals surface area contributed by atoms with Gasteiger partial charge in [-0.1, -0.05) is 72.8 Å². The van der Waals surface area contributed by atoms with Gasteiger partial charge in [-0.3, -0.25) is 4.79 Å². The van der Waals surface area contributed by atoms with E-state index in [1.165, 1.54) is 22.3 Å². The minimum Gasteiger partial charge on any atom is -0.310 e. The number of carbonyl (C=O) groups excluding carboxylic acids is 1. The number of nitrogens with zero attached hydrogens (tertiary/aromatic N) is 2. The van der Waals surface area contributed by atoms with Crippen LogP contribution in [0, 0.1) is 27.7 Å². The second kappa shape index (κ2) is 12.4. The van der Waals surface area contributed by atoms with Gasteiger partial charge in [0.15, 0.2) is 5.78 Å². The third kappa shape index (κ3) is 6.18. The maximum absolute atomic E-state index is 14.1. The molecule has 0 bridgehead atoms. The molecule has 0 fully saturated rings. The molecular formula is C41H36N2O. The van der Waals surface area contributed by atoms with E-state index in [-0.39, 0.29) is 5.78 Å². The van der Waals surface area contributed by atoms with Crippen LogP contribution >= 0.6 is 0 Å². The number of hydrogen-bond donors (Lipinski definition) is 0. The molecule has 0 spiro atoms. The lowest BCUT2D eigenvalue weighted by molar-refractivity contribution is 0.103. The Morgan fingerprint density at radius 2 is 0.614 bits per heavy atom. The smallest absolute Gasteiger partial charge is 0.193 e. The van der Waals surface area contributed by atoms with Crippen molar-refractivity contribution in [2.45, 2.75) is 27.7 Å². The third-order valence-corrected chi connectivity index (χ3v) is 7.77. The summed E-state index contributed by atoms with van der Waals surface area (Å²) in [6.07, 6.45) is 0. The van der Waals surface area contributed by atoms with E-state index in [9.17, 15) is 4.79 Å². The fourth-order valence-electron chi connectivity index (χ4n) is 5.70. The van der Waals surface area contributed by atoms with Gasteiger partial charge in [-0.15, -0.1) is 0 Å². The molecule has 0 N–H and O–H groups in total. The molecule has 0 aliphatic heterocycles. The minimum absolute atomic E-state index is 0.0180. The van der Waals surface area contributed by atoms with Crippen LogP contribution in [-0.4, -0.2) is 5.78 Å². The van der Waals surface area contributed by atoms with Crippen LogP contribution in [0.1, 0.15) is 38.2 Å². The average molecular weight is 573 g/mol. The topological polar surface area (TPSA) is 23.6 Å². The maximum Gasteiger partial charge on any atom is 0.193 e. The molecule has 0 amide bonds. The zero-order valence-corrected chi connectivity index (χ0v) is 25.7. The summed E-state index contributed by atoms with van der Waals surface area (Å²) < 4.78 is 0. The lowest BCUT2D eigenvalue weighted by atomic mass is 10.0. The first kappa shape index (κ1) is 28.7. The number of rotatable bonds is 8. The monoisotopic (exact) mass is 572 g/mol. The Bertz CT molecular complexity index is 1730. The van der Waals surface area contributed by atoms with E-state index in [4.69, 9.17) is 0 Å². The third-order valence-electron chi connectivity index (χ3n) is 7.77. The lowest BCUT2D eigenvalue weighted by Crippen LogP contribution is -2.12. The van der Waals surface area contributed by atoms with Crippen molar-refractivity contribution in [2.24, 2.45) is 0 Å². The summed E-state index contributed by atoms with van der Waals surface area (Å²) in [5, 5.41) is 0. The van der Waals surface area contributed by atoms with Crippen LogP contribution in [0.25, 0.3) is 0 Å². The highest BCUT2D eigenvalue weighted by Gasteiger charge is 2.18. The zero-order valence-electron chi connectivity index (χ0n) is 25.7. The van der Waals surface area contributed by atoms with E-state index in [1.54, 1.807) is 0 Å². The average Bonchev–Trinajstić information content (AvgIpc) is 3.02. The van der Waals surface area contributed by atoms with Gasteiger partial charge < -0.3 is 9.80 Å². The number of benzene rings is 6. The van der Waals surface area contributed by atoms with Crippen LogP contribution < -0.4 is 9.80 Å². The van der Waals surface area contributed by atoms with Gasteiger partial charge in [0.05, 0.1) is 0 Å². The van der Waals surface area contributed by atoms with E-state index in [0.29, 0.717) is 11.1 Å². The summed E-state index contributed by atoms with van der Waals surface area (Å²) in [6.45, 7) is 8.40. The van der Waals surface area contributed by atoms with Crippen molar-refractivity contribution < 1.29 is 4.79 Å². The molecule has 0 aliphatic rings. The van der Waals surface area contributed by atoms with Gasteiger partial charge >= 0.3 is 0 Å². The van der Waals surface area contributed by atoms with Gasteiger partial charge in [0, 0.05) is 45.3 Å². The SMILES string of the molecule is Cc1cccc(N(c2cccc(C)c2)c2cccc(C(=O)c3cccc(N(c4cccc(C)c4)c4cccc(C)c4)c3)c2)c1. The number of aryl methyl sites for hydroxylation is 4. The van der Waals surface area contributed by atoms with Gasteiger partial charge in [-0.05, 0) is 123 Å². The number of carbonyl (C=O) groups is 1. The van der Waals surface area contributed by atoms with Crippen molar-refractivity contribution in [1.29, 1.82) is 0 Å². The quantitative estimate of drug-likeness (QED) is 0.170. The highest BCUT2D eigenvalue weighted by Crippen LogP contribution is 2.38. The first-order chi connectivity index (χ1) is 21.4. The summed E-state index contributed by atoms with van der Waals surface area (Å²) in [6, 6.07) is 49.7. The fraction of sp³-hybridized carbons (Fsp3) is 0.0976. The largest absolute Gasteiger partial charge is 0.310 e. The van der Waals surface area contributed by atoms with Crippen LogP contribution in [-0.2, 0) is 0 Å². The number of ketones is 1. The van der Waals surface area contributed by atoms with Gasteiger partial charge in [-0.2, -0.15) is 0 Å². The van der Waals surface area contributed by atoms with E-state index >= 15 is 0 Å². The predicted molar refractivity (Wildman–Crippen MR) is 185 cm³/mol. The molecule has 0 saturated heterocycles. The molecule has 6 aromatic rings. The van der Waals surface area contributed by atoms with Crippen molar-refractivity contribution >= 4 is 39.9 Å². The summed E-state index contributed by atoms with van der Waals surface area (Å²) in [7, 11) is 0. The lowest BCUT2D eigenvalue weighted by Gasteiger charge is -2.27. The zero-order chi connectivity index (χ0) is 30.6. The molecular weight excluding hydrogens is 536 g/mol. The molecule has 3 nitrogen and oxygen atoms in total. The maximum atomic E-state index is 14.1. The van der Waals surface area contributed by atoms with Crippen molar-refractivity contribution in [2.75, 3.05) is 9.80 Å². The van der Waals surface area contributed by atoms with Crippen LogP contribution in [0.3, 0.4) is 0 Å². The molecule has 0 heterocycles. The normalized spacial score (nSPS) is 10.8. The van der Waals surface area contributed by atoms with Gasteiger partial charge in [0.1, 0.15) is 0 Å². The molecule has 0 unspecified atom stereocenters. The summed E-state index contributed by atoms with van der Waals surface area (Å²) in [5.74, 6) is -0.0180. The Morgan fingerprint density at radius 1 is 0.364 bits per heavy atom. The molecule has 3 heteroatoms. The van der Waals surface area contributed by atoms with E-state index in [0.717, 1.165) is 34.1 Å². The molecule has 6 aromatic carbocycles. The van der Waals surface area contributed by atoms with Crippen LogP contribution in [0.2, 0.25) is 0 Å². The second-order valence-electron chi connectivity index (χ2n) is 11.5. The van der Waals surface area contributed by atoms with E-state index in [2.05, 4.69) is 147 Å². The van der Waals surface area contributed by atoms with Crippen molar-refractivity contribution in [3.63, 3.8) is 0 Å². The van der Waals surface area contributed by atoms with Crippen molar-refractivity contribution in [3.05, 3.63) is 179 Å². The molecule has 44 heavy (non-hydrogen) atoms.